The van der Waals surface area contributed by atoms with Crippen LogP contribution in [0.4, 0.5) is 4.79 Å². The number of nitrogens with one attached hydrogen (secondary N) is 1. The summed E-state index contributed by atoms with van der Waals surface area (Å²) in [6, 6.07) is 8.79. The molecule has 0 radical (unpaired) electrons. The molecule has 22 heavy (non-hydrogen) atoms. The van der Waals surface area contributed by atoms with Crippen molar-refractivity contribution in [1.82, 2.24) is 15.1 Å². The van der Waals surface area contributed by atoms with Crippen molar-refractivity contribution in [3.63, 3.8) is 0 Å². The first-order valence-corrected chi connectivity index (χ1v) is 8.38. The van der Waals surface area contributed by atoms with E-state index in [2.05, 4.69) is 55.4 Å². The van der Waals surface area contributed by atoms with E-state index < -0.39 is 0 Å². The molecule has 0 bridgehead atoms. The van der Waals surface area contributed by atoms with Crippen molar-refractivity contribution >= 4 is 6.03 Å². The van der Waals surface area contributed by atoms with Crippen LogP contribution in [-0.4, -0.2) is 48.6 Å². The second-order valence-corrected chi connectivity index (χ2v) is 6.37. The van der Waals surface area contributed by atoms with E-state index in [1.807, 2.05) is 4.90 Å². The SMILES string of the molecule is CCCN(C(=O)NCc1ccc(C)cc1)C1CCN(C)CC1. The van der Waals surface area contributed by atoms with Gasteiger partial charge in [0.25, 0.3) is 0 Å². The van der Waals surface area contributed by atoms with Crippen molar-refractivity contribution in [3.05, 3.63) is 35.4 Å². The lowest BCUT2D eigenvalue weighted by molar-refractivity contribution is 0.131. The molecular formula is C18H29N3O. The Morgan fingerprint density at radius 3 is 2.50 bits per heavy atom. The number of rotatable bonds is 5. The van der Waals surface area contributed by atoms with Crippen LogP contribution in [0.2, 0.25) is 0 Å². The van der Waals surface area contributed by atoms with E-state index >= 15 is 0 Å². The number of piperidine rings is 1. The highest BCUT2D eigenvalue weighted by Crippen LogP contribution is 2.16. The molecule has 1 aliphatic rings. The van der Waals surface area contributed by atoms with Gasteiger partial charge in [-0.3, -0.25) is 0 Å². The van der Waals surface area contributed by atoms with E-state index in [0.29, 0.717) is 12.6 Å². The molecule has 2 amide bonds. The van der Waals surface area contributed by atoms with Gasteiger partial charge in [-0.15, -0.1) is 0 Å². The summed E-state index contributed by atoms with van der Waals surface area (Å²) in [5.74, 6) is 0. The highest BCUT2D eigenvalue weighted by molar-refractivity contribution is 5.74. The second-order valence-electron chi connectivity index (χ2n) is 6.37. The predicted octanol–water partition coefficient (Wildman–Crippen LogP) is 3.01. The molecule has 0 atom stereocenters. The van der Waals surface area contributed by atoms with Gasteiger partial charge in [0.2, 0.25) is 0 Å². The molecule has 1 aromatic rings. The summed E-state index contributed by atoms with van der Waals surface area (Å²) in [7, 11) is 2.15. The van der Waals surface area contributed by atoms with Crippen LogP contribution in [0.15, 0.2) is 24.3 Å². The summed E-state index contributed by atoms with van der Waals surface area (Å²) in [6.07, 6.45) is 3.16. The molecule has 4 heteroatoms. The van der Waals surface area contributed by atoms with Crippen LogP contribution in [0.25, 0.3) is 0 Å². The molecule has 0 unspecified atom stereocenters. The lowest BCUT2D eigenvalue weighted by Gasteiger charge is -2.37. The Balaban J connectivity index is 1.90. The number of amides is 2. The number of aryl methyl sites for hydroxylation is 1. The van der Waals surface area contributed by atoms with Crippen molar-refractivity contribution in [2.24, 2.45) is 0 Å². The van der Waals surface area contributed by atoms with Crippen LogP contribution in [0.3, 0.4) is 0 Å². The Kier molecular flexibility index (Phi) is 6.25. The Labute approximate surface area is 134 Å². The van der Waals surface area contributed by atoms with Gasteiger partial charge in [-0.2, -0.15) is 0 Å². The minimum absolute atomic E-state index is 0.0805. The third-order valence-electron chi connectivity index (χ3n) is 4.42. The van der Waals surface area contributed by atoms with E-state index in [1.165, 1.54) is 5.56 Å². The van der Waals surface area contributed by atoms with E-state index in [-0.39, 0.29) is 6.03 Å². The summed E-state index contributed by atoms with van der Waals surface area (Å²) in [5, 5.41) is 3.09. The zero-order valence-corrected chi connectivity index (χ0v) is 14.1. The van der Waals surface area contributed by atoms with E-state index in [4.69, 9.17) is 0 Å². The highest BCUT2D eigenvalue weighted by atomic mass is 16.2. The molecule has 0 spiro atoms. The maximum atomic E-state index is 12.6. The van der Waals surface area contributed by atoms with Gasteiger partial charge in [0.05, 0.1) is 0 Å². The Morgan fingerprint density at radius 1 is 1.27 bits per heavy atom. The largest absolute Gasteiger partial charge is 0.334 e. The third kappa shape index (κ3) is 4.73. The minimum atomic E-state index is 0.0805. The van der Waals surface area contributed by atoms with Gasteiger partial charge in [-0.05, 0) is 51.9 Å². The standard InChI is InChI=1S/C18H29N3O/c1-4-11-21(17-9-12-20(3)13-10-17)18(22)19-14-16-7-5-15(2)6-8-16/h5-8,17H,4,9-14H2,1-3H3,(H,19,22). The molecular weight excluding hydrogens is 274 g/mol. The van der Waals surface area contributed by atoms with Gasteiger partial charge in [0.15, 0.2) is 0 Å². The number of carbonyl (C=O) groups excluding carboxylic acids is 1. The van der Waals surface area contributed by atoms with Crippen LogP contribution < -0.4 is 5.32 Å². The number of nitrogens with zero attached hydrogens (tertiary/aromatic N) is 2. The number of benzene rings is 1. The summed E-state index contributed by atoms with van der Waals surface area (Å²) in [5.41, 5.74) is 2.40. The second kappa shape index (κ2) is 8.18. The predicted molar refractivity (Wildman–Crippen MR) is 90.9 cm³/mol. The van der Waals surface area contributed by atoms with Crippen LogP contribution in [-0.2, 0) is 6.54 Å². The Bertz CT molecular complexity index is 464. The molecule has 1 aliphatic heterocycles. The monoisotopic (exact) mass is 303 g/mol. The first kappa shape index (κ1) is 16.8. The van der Waals surface area contributed by atoms with Gasteiger partial charge in [0, 0.05) is 19.1 Å². The Morgan fingerprint density at radius 2 is 1.91 bits per heavy atom. The first-order chi connectivity index (χ1) is 10.6. The summed E-state index contributed by atoms with van der Waals surface area (Å²) >= 11 is 0. The number of urea groups is 1. The highest BCUT2D eigenvalue weighted by Gasteiger charge is 2.26. The molecule has 2 rings (SSSR count). The molecule has 0 aliphatic carbocycles. The molecule has 1 N–H and O–H groups in total. The van der Waals surface area contributed by atoms with Crippen LogP contribution in [0, 0.1) is 6.92 Å². The van der Waals surface area contributed by atoms with Crippen LogP contribution in [0.5, 0.6) is 0 Å². The molecule has 1 aromatic carbocycles. The van der Waals surface area contributed by atoms with Crippen molar-refractivity contribution in [2.45, 2.75) is 45.7 Å². The van der Waals surface area contributed by atoms with E-state index in [0.717, 1.165) is 44.5 Å². The maximum absolute atomic E-state index is 12.6. The number of hydrogen-bond acceptors (Lipinski definition) is 2. The fraction of sp³-hybridized carbons (Fsp3) is 0.611. The number of hydrogen-bond donors (Lipinski definition) is 1. The van der Waals surface area contributed by atoms with Gasteiger partial charge < -0.3 is 15.1 Å². The molecule has 122 valence electrons. The summed E-state index contributed by atoms with van der Waals surface area (Å²) in [4.78, 5) is 16.9. The maximum Gasteiger partial charge on any atom is 0.317 e. The van der Waals surface area contributed by atoms with Gasteiger partial charge in [0.1, 0.15) is 0 Å². The lowest BCUT2D eigenvalue weighted by Crippen LogP contribution is -2.50. The summed E-state index contributed by atoms with van der Waals surface area (Å²) in [6.45, 7) is 7.81. The minimum Gasteiger partial charge on any atom is -0.334 e. The van der Waals surface area contributed by atoms with E-state index in [1.54, 1.807) is 0 Å². The molecule has 1 saturated heterocycles. The zero-order valence-electron chi connectivity index (χ0n) is 14.1. The fourth-order valence-corrected chi connectivity index (χ4v) is 2.98. The number of likely N-dealkylation sites (tertiary alicyclic amines) is 1. The van der Waals surface area contributed by atoms with Crippen molar-refractivity contribution < 1.29 is 4.79 Å². The molecule has 1 heterocycles. The topological polar surface area (TPSA) is 35.6 Å². The van der Waals surface area contributed by atoms with Crippen molar-refractivity contribution in [3.8, 4) is 0 Å². The van der Waals surface area contributed by atoms with Gasteiger partial charge in [-0.25, -0.2) is 4.79 Å². The number of carbonyl (C=O) groups is 1. The fourth-order valence-electron chi connectivity index (χ4n) is 2.98. The zero-order chi connectivity index (χ0) is 15.9. The van der Waals surface area contributed by atoms with Gasteiger partial charge >= 0.3 is 6.03 Å². The quantitative estimate of drug-likeness (QED) is 0.907. The summed E-state index contributed by atoms with van der Waals surface area (Å²) < 4.78 is 0. The average Bonchev–Trinajstić information content (AvgIpc) is 2.53. The first-order valence-electron chi connectivity index (χ1n) is 8.38. The normalized spacial score (nSPS) is 16.5. The molecule has 0 aromatic heterocycles. The molecule has 1 fully saturated rings. The third-order valence-corrected chi connectivity index (χ3v) is 4.42. The molecule has 4 nitrogen and oxygen atoms in total. The molecule has 0 saturated carbocycles. The van der Waals surface area contributed by atoms with Crippen molar-refractivity contribution in [1.29, 1.82) is 0 Å². The average molecular weight is 303 g/mol. The smallest absolute Gasteiger partial charge is 0.317 e. The van der Waals surface area contributed by atoms with E-state index in [9.17, 15) is 4.79 Å². The van der Waals surface area contributed by atoms with Crippen LogP contribution in [0.1, 0.15) is 37.3 Å². The lowest BCUT2D eigenvalue weighted by atomic mass is 10.0. The van der Waals surface area contributed by atoms with Crippen LogP contribution >= 0.6 is 0 Å². The van der Waals surface area contributed by atoms with Gasteiger partial charge in [-0.1, -0.05) is 36.8 Å². The van der Waals surface area contributed by atoms with Crippen molar-refractivity contribution in [2.75, 3.05) is 26.7 Å². The Hall–Kier alpha value is -1.55.